The molecule has 2 atom stereocenters. The molecule has 2 unspecified atom stereocenters. The summed E-state index contributed by atoms with van der Waals surface area (Å²) in [6.45, 7) is 11.6. The molecule has 0 aliphatic carbocycles. The molecular weight excluding hydrogens is 396 g/mol. The maximum absolute atomic E-state index is 11.8. The van der Waals surface area contributed by atoms with E-state index in [9.17, 15) is 9.59 Å². The summed E-state index contributed by atoms with van der Waals surface area (Å²) in [5.41, 5.74) is 0.768. The van der Waals surface area contributed by atoms with Crippen molar-refractivity contribution < 1.29 is 23.5 Å². The van der Waals surface area contributed by atoms with Gasteiger partial charge in [0.15, 0.2) is 6.10 Å². The maximum Gasteiger partial charge on any atom is 0.303 e. The Balaban J connectivity index is 2.69. The number of esters is 2. The highest BCUT2D eigenvalue weighted by Crippen LogP contribution is 2.28. The van der Waals surface area contributed by atoms with E-state index in [0.29, 0.717) is 6.42 Å². The number of ether oxygens (including phenoxy) is 2. The Labute approximate surface area is 183 Å². The number of unbranched alkanes of at least 4 members (excludes halogenated alkanes) is 8. The molecule has 1 aromatic rings. The summed E-state index contributed by atoms with van der Waals surface area (Å²) in [5.74, 6) is -0.748. The van der Waals surface area contributed by atoms with Crippen molar-refractivity contribution in [3.8, 4) is 0 Å². The van der Waals surface area contributed by atoms with E-state index < -0.39 is 20.3 Å². The molecular formula is C24H42O5Si. The normalized spacial score (nSPS) is 13.7. The van der Waals surface area contributed by atoms with Crippen molar-refractivity contribution in [3.63, 3.8) is 0 Å². The van der Waals surface area contributed by atoms with Crippen LogP contribution in [0.25, 0.3) is 0 Å². The van der Waals surface area contributed by atoms with Gasteiger partial charge in [0.25, 0.3) is 0 Å². The van der Waals surface area contributed by atoms with Crippen LogP contribution in [0.1, 0.15) is 96.6 Å². The Morgan fingerprint density at radius 3 is 1.90 bits per heavy atom. The van der Waals surface area contributed by atoms with E-state index >= 15 is 0 Å². The van der Waals surface area contributed by atoms with Crippen LogP contribution in [0.2, 0.25) is 19.6 Å². The van der Waals surface area contributed by atoms with Crippen molar-refractivity contribution in [2.24, 2.45) is 0 Å². The van der Waals surface area contributed by atoms with Gasteiger partial charge in [-0.2, -0.15) is 0 Å². The van der Waals surface area contributed by atoms with E-state index in [-0.39, 0.29) is 11.9 Å². The number of carbonyl (C=O) groups is 2. The molecule has 0 aromatic carbocycles. The van der Waals surface area contributed by atoms with Crippen molar-refractivity contribution in [2.75, 3.05) is 0 Å². The molecule has 0 amide bonds. The lowest BCUT2D eigenvalue weighted by Crippen LogP contribution is -2.36. The average molecular weight is 439 g/mol. The van der Waals surface area contributed by atoms with Crippen LogP contribution in [0.15, 0.2) is 16.7 Å². The summed E-state index contributed by atoms with van der Waals surface area (Å²) < 4.78 is 17.0. The van der Waals surface area contributed by atoms with Gasteiger partial charge in [-0.15, -0.1) is 0 Å². The summed E-state index contributed by atoms with van der Waals surface area (Å²) in [6, 6.07) is 1.96. The second-order valence-electron chi connectivity index (χ2n) is 9.29. The van der Waals surface area contributed by atoms with Crippen molar-refractivity contribution in [3.05, 3.63) is 17.9 Å². The number of rotatable bonds is 15. The smallest absolute Gasteiger partial charge is 0.303 e. The lowest BCUT2D eigenvalue weighted by atomic mass is 10.00. The van der Waals surface area contributed by atoms with Crippen LogP contribution in [-0.4, -0.2) is 26.1 Å². The van der Waals surface area contributed by atoms with E-state index in [1.165, 1.54) is 58.8 Å². The van der Waals surface area contributed by atoms with Crippen LogP contribution < -0.4 is 5.38 Å². The first kappa shape index (κ1) is 26.5. The highest BCUT2D eigenvalue weighted by molar-refractivity contribution is 6.87. The molecule has 30 heavy (non-hydrogen) atoms. The van der Waals surface area contributed by atoms with Crippen LogP contribution >= 0.6 is 0 Å². The van der Waals surface area contributed by atoms with Gasteiger partial charge in [-0.3, -0.25) is 9.59 Å². The zero-order valence-electron chi connectivity index (χ0n) is 19.9. The van der Waals surface area contributed by atoms with Gasteiger partial charge in [-0.25, -0.2) is 0 Å². The summed E-state index contributed by atoms with van der Waals surface area (Å²) >= 11 is 0. The Hall–Kier alpha value is -1.56. The number of hydrogen-bond acceptors (Lipinski definition) is 5. The molecule has 5 nitrogen and oxygen atoms in total. The SMILES string of the molecule is CCCCCCCCCCCC(OC(C)=O)C(OC(C)=O)c1coc([Si](C)(C)C)c1. The highest BCUT2D eigenvalue weighted by Gasteiger charge is 2.32. The fourth-order valence-electron chi connectivity index (χ4n) is 3.57. The van der Waals surface area contributed by atoms with Gasteiger partial charge < -0.3 is 13.9 Å². The van der Waals surface area contributed by atoms with E-state index in [0.717, 1.165) is 23.8 Å². The van der Waals surface area contributed by atoms with E-state index in [1.807, 2.05) is 6.07 Å². The molecule has 6 heteroatoms. The zero-order chi connectivity index (χ0) is 22.6. The highest BCUT2D eigenvalue weighted by atomic mass is 28.3. The molecule has 0 bridgehead atoms. The third kappa shape index (κ3) is 10.5. The minimum Gasteiger partial charge on any atom is -0.474 e. The molecule has 0 aliphatic rings. The zero-order valence-corrected chi connectivity index (χ0v) is 20.9. The molecule has 0 saturated carbocycles. The molecule has 0 aliphatic heterocycles. The quantitative estimate of drug-likeness (QED) is 0.183. The fourth-order valence-corrected chi connectivity index (χ4v) is 4.58. The first-order chi connectivity index (χ1) is 14.1. The van der Waals surface area contributed by atoms with Gasteiger partial charge in [-0.1, -0.05) is 77.9 Å². The summed E-state index contributed by atoms with van der Waals surface area (Å²) in [5, 5.41) is 0.944. The molecule has 172 valence electrons. The molecule has 1 heterocycles. The van der Waals surface area contributed by atoms with Gasteiger partial charge in [0, 0.05) is 19.4 Å². The van der Waals surface area contributed by atoms with Gasteiger partial charge >= 0.3 is 11.9 Å². The third-order valence-electron chi connectivity index (χ3n) is 5.23. The Bertz CT molecular complexity index is 632. The summed E-state index contributed by atoms with van der Waals surface area (Å²) in [6.07, 6.45) is 12.2. The maximum atomic E-state index is 11.8. The van der Waals surface area contributed by atoms with Crippen LogP contribution in [0, 0.1) is 0 Å². The Morgan fingerprint density at radius 1 is 0.900 bits per heavy atom. The Morgan fingerprint density at radius 2 is 1.43 bits per heavy atom. The molecule has 0 N–H and O–H groups in total. The lowest BCUT2D eigenvalue weighted by molar-refractivity contribution is -0.166. The monoisotopic (exact) mass is 438 g/mol. The molecule has 0 spiro atoms. The summed E-state index contributed by atoms with van der Waals surface area (Å²) in [7, 11) is -1.63. The average Bonchev–Trinajstić information content (AvgIpc) is 3.14. The van der Waals surface area contributed by atoms with E-state index in [2.05, 4.69) is 26.6 Å². The first-order valence-electron chi connectivity index (χ1n) is 11.6. The Kier molecular flexibility index (Phi) is 12.1. The van der Waals surface area contributed by atoms with E-state index in [1.54, 1.807) is 6.26 Å². The van der Waals surface area contributed by atoms with Crippen molar-refractivity contribution >= 4 is 25.4 Å². The van der Waals surface area contributed by atoms with E-state index in [4.69, 9.17) is 13.9 Å². The molecule has 0 saturated heterocycles. The predicted molar refractivity (Wildman–Crippen MR) is 124 cm³/mol. The first-order valence-corrected chi connectivity index (χ1v) is 15.1. The molecule has 1 aromatic heterocycles. The van der Waals surface area contributed by atoms with Crippen molar-refractivity contribution in [2.45, 2.75) is 117 Å². The van der Waals surface area contributed by atoms with Gasteiger partial charge in [0.1, 0.15) is 14.2 Å². The van der Waals surface area contributed by atoms with Crippen LogP contribution in [-0.2, 0) is 19.1 Å². The standard InChI is InChI=1S/C24H42O5Si/c1-7-8-9-10-11-12-13-14-15-16-22(28-19(2)25)24(29-20(3)26)21-17-23(27-18-21)30(4,5)6/h17-18,22,24H,7-16H2,1-6H3. The van der Waals surface area contributed by atoms with Gasteiger partial charge in [-0.05, 0) is 18.9 Å². The minimum atomic E-state index is -1.63. The second-order valence-corrected chi connectivity index (χ2v) is 14.3. The predicted octanol–water partition coefficient (Wildman–Crippen LogP) is 6.28. The molecule has 1 rings (SSSR count). The number of hydrogen-bond donors (Lipinski definition) is 0. The van der Waals surface area contributed by atoms with Crippen LogP contribution in [0.5, 0.6) is 0 Å². The van der Waals surface area contributed by atoms with Crippen molar-refractivity contribution in [1.29, 1.82) is 0 Å². The fraction of sp³-hybridized carbons (Fsp3) is 0.750. The van der Waals surface area contributed by atoms with Crippen molar-refractivity contribution in [1.82, 2.24) is 0 Å². The largest absolute Gasteiger partial charge is 0.474 e. The third-order valence-corrected chi connectivity index (χ3v) is 6.97. The second kappa shape index (κ2) is 13.7. The lowest BCUT2D eigenvalue weighted by Gasteiger charge is -2.25. The minimum absolute atomic E-state index is 0.359. The number of carbonyl (C=O) groups excluding carboxylic acids is 2. The van der Waals surface area contributed by atoms with Gasteiger partial charge in [0.2, 0.25) is 0 Å². The molecule has 0 fully saturated rings. The van der Waals surface area contributed by atoms with Crippen LogP contribution in [0.4, 0.5) is 0 Å². The number of furan rings is 1. The van der Waals surface area contributed by atoms with Crippen LogP contribution in [0.3, 0.4) is 0 Å². The summed E-state index contributed by atoms with van der Waals surface area (Å²) in [4.78, 5) is 23.5. The molecule has 0 radical (unpaired) electrons. The van der Waals surface area contributed by atoms with Gasteiger partial charge in [0.05, 0.1) is 11.6 Å². The topological polar surface area (TPSA) is 65.7 Å².